The lowest BCUT2D eigenvalue weighted by molar-refractivity contribution is 0.187. The van der Waals surface area contributed by atoms with Gasteiger partial charge in [-0.25, -0.2) is 8.42 Å². The minimum Gasteiger partial charge on any atom is -0.399 e. The minimum absolute atomic E-state index is 0.0519. The van der Waals surface area contributed by atoms with Crippen LogP contribution in [-0.4, -0.2) is 50.8 Å². The maximum Gasteiger partial charge on any atom is 0.246 e. The molecule has 1 fully saturated rings. The van der Waals surface area contributed by atoms with Gasteiger partial charge in [-0.1, -0.05) is 23.2 Å². The normalized spacial score (nSPS) is 20.9. The lowest BCUT2D eigenvalue weighted by atomic mass is 10.1. The summed E-state index contributed by atoms with van der Waals surface area (Å²) in [5.41, 5.74) is 5.96. The molecule has 0 radical (unpaired) electrons. The largest absolute Gasteiger partial charge is 0.399 e. The average Bonchev–Trinajstić information content (AvgIpc) is 2.36. The second-order valence-electron chi connectivity index (χ2n) is 5.39. The van der Waals surface area contributed by atoms with Gasteiger partial charge in [-0.05, 0) is 38.6 Å². The number of piperidine rings is 1. The van der Waals surface area contributed by atoms with E-state index in [1.54, 1.807) is 7.05 Å². The fourth-order valence-electron chi connectivity index (χ4n) is 2.60. The topological polar surface area (TPSA) is 66.6 Å². The Bertz CT molecular complexity index is 613. The molecule has 1 aliphatic rings. The Morgan fingerprint density at radius 3 is 2.43 bits per heavy atom. The van der Waals surface area contributed by atoms with E-state index in [4.69, 9.17) is 28.9 Å². The quantitative estimate of drug-likeness (QED) is 0.848. The number of likely N-dealkylation sites (N-methyl/N-ethyl adjacent to an activating group) is 2. The van der Waals surface area contributed by atoms with Crippen molar-refractivity contribution >= 4 is 38.9 Å². The Labute approximate surface area is 135 Å². The number of hydrogen-bond acceptors (Lipinski definition) is 4. The summed E-state index contributed by atoms with van der Waals surface area (Å²) in [6.07, 6.45) is 1.79. The zero-order valence-corrected chi connectivity index (χ0v) is 14.3. The molecule has 0 spiro atoms. The van der Waals surface area contributed by atoms with Crippen molar-refractivity contribution in [2.75, 3.05) is 32.9 Å². The second-order valence-corrected chi connectivity index (χ2v) is 8.14. The second kappa shape index (κ2) is 6.30. The molecular formula is C13H19Cl2N3O2S. The van der Waals surface area contributed by atoms with E-state index in [9.17, 15) is 8.42 Å². The molecule has 1 aromatic carbocycles. The Kier molecular flexibility index (Phi) is 5.05. The number of halogens is 2. The molecule has 2 N–H and O–H groups in total. The molecule has 118 valence electrons. The summed E-state index contributed by atoms with van der Waals surface area (Å²) in [6, 6.07) is 2.72. The van der Waals surface area contributed by atoms with Crippen LogP contribution in [0.4, 0.5) is 5.69 Å². The first-order chi connectivity index (χ1) is 9.73. The predicted octanol–water partition coefficient (Wildman–Crippen LogP) is 2.29. The highest BCUT2D eigenvalue weighted by Gasteiger charge is 2.33. The SMILES string of the molecule is CN1CCCC(N(C)S(=O)(=O)c2c(Cl)cc(N)cc2Cl)C1. The molecule has 21 heavy (non-hydrogen) atoms. The van der Waals surface area contributed by atoms with Gasteiger partial charge in [-0.3, -0.25) is 0 Å². The van der Waals surface area contributed by atoms with Crippen LogP contribution in [0.2, 0.25) is 10.0 Å². The van der Waals surface area contributed by atoms with Crippen LogP contribution in [0.1, 0.15) is 12.8 Å². The third-order valence-electron chi connectivity index (χ3n) is 3.77. The highest BCUT2D eigenvalue weighted by Crippen LogP contribution is 2.34. The van der Waals surface area contributed by atoms with Gasteiger partial charge in [0.2, 0.25) is 10.0 Å². The molecule has 1 saturated heterocycles. The smallest absolute Gasteiger partial charge is 0.246 e. The first-order valence-electron chi connectivity index (χ1n) is 6.64. The van der Waals surface area contributed by atoms with Crippen molar-refractivity contribution in [1.82, 2.24) is 9.21 Å². The van der Waals surface area contributed by atoms with Crippen LogP contribution in [-0.2, 0) is 10.0 Å². The molecule has 5 nitrogen and oxygen atoms in total. The molecule has 1 atom stereocenters. The molecule has 1 unspecified atom stereocenters. The van der Waals surface area contributed by atoms with Crippen molar-refractivity contribution in [2.24, 2.45) is 0 Å². The summed E-state index contributed by atoms with van der Waals surface area (Å²) in [5, 5.41) is 0.104. The van der Waals surface area contributed by atoms with Crippen molar-refractivity contribution < 1.29 is 8.42 Å². The molecule has 0 saturated carbocycles. The van der Waals surface area contributed by atoms with Crippen LogP contribution in [0, 0.1) is 0 Å². The van der Waals surface area contributed by atoms with Gasteiger partial charge < -0.3 is 10.6 Å². The summed E-state index contributed by atoms with van der Waals surface area (Å²) in [4.78, 5) is 2.04. The van der Waals surface area contributed by atoms with Gasteiger partial charge in [0.15, 0.2) is 0 Å². The van der Waals surface area contributed by atoms with Gasteiger partial charge in [0.05, 0.1) is 10.0 Å². The molecular weight excluding hydrogens is 333 g/mol. The van der Waals surface area contributed by atoms with Gasteiger partial charge in [0.25, 0.3) is 0 Å². The van der Waals surface area contributed by atoms with Crippen molar-refractivity contribution in [2.45, 2.75) is 23.8 Å². The molecule has 1 heterocycles. The van der Waals surface area contributed by atoms with Gasteiger partial charge >= 0.3 is 0 Å². The third-order valence-corrected chi connectivity index (χ3v) is 6.60. The lowest BCUT2D eigenvalue weighted by Crippen LogP contribution is -2.47. The molecule has 1 aliphatic heterocycles. The maximum absolute atomic E-state index is 12.8. The van der Waals surface area contributed by atoms with Crippen molar-refractivity contribution in [3.05, 3.63) is 22.2 Å². The molecule has 0 aromatic heterocycles. The van der Waals surface area contributed by atoms with Crippen molar-refractivity contribution in [1.29, 1.82) is 0 Å². The van der Waals surface area contributed by atoms with Crippen molar-refractivity contribution in [3.63, 3.8) is 0 Å². The number of nitrogens with two attached hydrogens (primary N) is 1. The third kappa shape index (κ3) is 3.46. The van der Waals surface area contributed by atoms with Crippen LogP contribution < -0.4 is 5.73 Å². The van der Waals surface area contributed by atoms with Gasteiger partial charge in [0.1, 0.15) is 4.90 Å². The number of likely N-dealkylation sites (tertiary alicyclic amines) is 1. The number of sulfonamides is 1. The highest BCUT2D eigenvalue weighted by atomic mass is 35.5. The van der Waals surface area contributed by atoms with Crippen molar-refractivity contribution in [3.8, 4) is 0 Å². The molecule has 8 heteroatoms. The lowest BCUT2D eigenvalue weighted by Gasteiger charge is -2.35. The Balaban J connectivity index is 2.38. The molecule has 0 aliphatic carbocycles. The fourth-order valence-corrected chi connectivity index (χ4v) is 5.15. The number of nitrogen functional groups attached to an aromatic ring is 1. The Morgan fingerprint density at radius 1 is 1.33 bits per heavy atom. The number of benzene rings is 1. The first kappa shape index (κ1) is 16.8. The highest BCUT2D eigenvalue weighted by molar-refractivity contribution is 7.89. The monoisotopic (exact) mass is 351 g/mol. The summed E-state index contributed by atoms with van der Waals surface area (Å²) in [5.74, 6) is 0. The number of nitrogens with zero attached hydrogens (tertiary/aromatic N) is 2. The average molecular weight is 352 g/mol. The molecule has 0 bridgehead atoms. The number of rotatable bonds is 3. The van der Waals surface area contributed by atoms with Crippen LogP contribution in [0.25, 0.3) is 0 Å². The van der Waals surface area contributed by atoms with E-state index >= 15 is 0 Å². The van der Waals surface area contributed by atoms with Crippen LogP contribution in [0.15, 0.2) is 17.0 Å². The predicted molar refractivity (Wildman–Crippen MR) is 86.3 cm³/mol. The van der Waals surface area contributed by atoms with E-state index in [0.717, 1.165) is 19.4 Å². The van der Waals surface area contributed by atoms with Gasteiger partial charge in [-0.2, -0.15) is 4.31 Å². The van der Waals surface area contributed by atoms with E-state index in [-0.39, 0.29) is 21.0 Å². The summed E-state index contributed by atoms with van der Waals surface area (Å²) < 4.78 is 26.9. The van der Waals surface area contributed by atoms with Crippen LogP contribution in [0.3, 0.4) is 0 Å². The molecule has 0 amide bonds. The Hall–Kier alpha value is -0.530. The summed E-state index contributed by atoms with van der Waals surface area (Å²) in [6.45, 7) is 1.67. The summed E-state index contributed by atoms with van der Waals surface area (Å²) >= 11 is 12.1. The number of hydrogen-bond donors (Lipinski definition) is 1. The minimum atomic E-state index is -3.75. The van der Waals surface area contributed by atoms with E-state index in [1.165, 1.54) is 16.4 Å². The summed E-state index contributed by atoms with van der Waals surface area (Å²) in [7, 11) is -0.199. The molecule has 2 rings (SSSR count). The fraction of sp³-hybridized carbons (Fsp3) is 0.538. The van der Waals surface area contributed by atoms with E-state index in [0.29, 0.717) is 12.2 Å². The van der Waals surface area contributed by atoms with Gasteiger partial charge in [-0.15, -0.1) is 0 Å². The van der Waals surface area contributed by atoms with E-state index < -0.39 is 10.0 Å². The zero-order valence-electron chi connectivity index (χ0n) is 12.0. The Morgan fingerprint density at radius 2 is 1.90 bits per heavy atom. The van der Waals surface area contributed by atoms with E-state index in [2.05, 4.69) is 4.90 Å². The number of anilines is 1. The standard InChI is InChI=1S/C13H19Cl2N3O2S/c1-17-5-3-4-10(8-17)18(2)21(19,20)13-11(14)6-9(16)7-12(13)15/h6-7,10H,3-5,8,16H2,1-2H3. The molecule has 1 aromatic rings. The van der Waals surface area contributed by atoms with Crippen LogP contribution >= 0.6 is 23.2 Å². The van der Waals surface area contributed by atoms with Crippen LogP contribution in [0.5, 0.6) is 0 Å². The zero-order chi connectivity index (χ0) is 15.8. The first-order valence-corrected chi connectivity index (χ1v) is 8.84. The van der Waals surface area contributed by atoms with Gasteiger partial charge in [0, 0.05) is 25.3 Å². The van der Waals surface area contributed by atoms with E-state index in [1.807, 2.05) is 7.05 Å². The maximum atomic E-state index is 12.8.